The van der Waals surface area contributed by atoms with Gasteiger partial charge in [0.1, 0.15) is 11.5 Å². The monoisotopic (exact) mass is 518 g/mol. The van der Waals surface area contributed by atoms with Crippen LogP contribution < -0.4 is 0 Å². The second kappa shape index (κ2) is 11.0. The van der Waals surface area contributed by atoms with E-state index in [1.54, 1.807) is 0 Å². The van der Waals surface area contributed by atoms with Gasteiger partial charge in [0.15, 0.2) is 18.3 Å². The first-order valence-corrected chi connectivity index (χ1v) is 12.6. The SMILES string of the molecule is CCC1=CCC(C)([C@@H]2O[C@H](SC)[C@@H](OC(C)=O)[C@H](OC(C)=O)[C@H]2OC(C)=O)C=C1CBr. The van der Waals surface area contributed by atoms with Crippen molar-refractivity contribution in [3.05, 3.63) is 23.3 Å². The van der Waals surface area contributed by atoms with Gasteiger partial charge in [-0.1, -0.05) is 41.9 Å². The molecule has 0 aromatic rings. The van der Waals surface area contributed by atoms with Crippen molar-refractivity contribution in [2.75, 3.05) is 11.6 Å². The van der Waals surface area contributed by atoms with E-state index in [9.17, 15) is 14.4 Å². The second-order valence-corrected chi connectivity index (χ2v) is 9.48. The number of allylic oxidation sites excluding steroid dienone is 3. The highest BCUT2D eigenvalue weighted by Gasteiger charge is 2.56. The molecule has 0 aromatic carbocycles. The molecule has 1 aliphatic carbocycles. The zero-order valence-corrected chi connectivity index (χ0v) is 21.2. The van der Waals surface area contributed by atoms with Gasteiger partial charge in [0.2, 0.25) is 0 Å². The minimum absolute atomic E-state index is 0.532. The van der Waals surface area contributed by atoms with Gasteiger partial charge in [0, 0.05) is 31.5 Å². The number of halogens is 1. The van der Waals surface area contributed by atoms with Crippen LogP contribution in [0.2, 0.25) is 0 Å². The zero-order valence-electron chi connectivity index (χ0n) is 18.8. The predicted molar refractivity (Wildman–Crippen MR) is 122 cm³/mol. The molecule has 1 fully saturated rings. The smallest absolute Gasteiger partial charge is 0.303 e. The lowest BCUT2D eigenvalue weighted by Gasteiger charge is -2.50. The van der Waals surface area contributed by atoms with Crippen molar-refractivity contribution in [3.63, 3.8) is 0 Å². The third-order valence-corrected chi connectivity index (χ3v) is 6.96. The van der Waals surface area contributed by atoms with E-state index in [0.717, 1.165) is 12.0 Å². The van der Waals surface area contributed by atoms with Crippen LogP contribution in [-0.4, -0.2) is 59.3 Å². The molecule has 0 spiro atoms. The minimum atomic E-state index is -0.990. The molecule has 1 aliphatic heterocycles. The Morgan fingerprint density at radius 2 is 1.61 bits per heavy atom. The maximum absolute atomic E-state index is 12.0. The van der Waals surface area contributed by atoms with Crippen molar-refractivity contribution in [2.24, 2.45) is 5.41 Å². The number of hydrogen-bond donors (Lipinski definition) is 0. The Labute approximate surface area is 196 Å². The third kappa shape index (κ3) is 6.14. The molecule has 0 saturated carbocycles. The van der Waals surface area contributed by atoms with Gasteiger partial charge in [-0.2, -0.15) is 0 Å². The summed E-state index contributed by atoms with van der Waals surface area (Å²) in [7, 11) is 0. The number of thioether (sulfide) groups is 1. The quantitative estimate of drug-likeness (QED) is 0.284. The highest BCUT2D eigenvalue weighted by molar-refractivity contribution is 9.09. The van der Waals surface area contributed by atoms with Gasteiger partial charge in [0.25, 0.3) is 0 Å². The highest BCUT2D eigenvalue weighted by Crippen LogP contribution is 2.46. The zero-order chi connectivity index (χ0) is 23.3. The highest BCUT2D eigenvalue weighted by atomic mass is 79.9. The number of rotatable bonds is 7. The van der Waals surface area contributed by atoms with Crippen molar-refractivity contribution < 1.29 is 33.3 Å². The van der Waals surface area contributed by atoms with Crippen LogP contribution in [0.5, 0.6) is 0 Å². The van der Waals surface area contributed by atoms with E-state index in [4.69, 9.17) is 18.9 Å². The molecule has 9 heteroatoms. The first-order chi connectivity index (χ1) is 14.6. The maximum Gasteiger partial charge on any atom is 0.303 e. The van der Waals surface area contributed by atoms with Crippen LogP contribution in [0.25, 0.3) is 0 Å². The van der Waals surface area contributed by atoms with Gasteiger partial charge in [-0.05, 0) is 30.2 Å². The molecule has 7 nitrogen and oxygen atoms in total. The average molecular weight is 519 g/mol. The summed E-state index contributed by atoms with van der Waals surface area (Å²) in [6.45, 7) is 7.98. The number of alkyl halides is 1. The Kier molecular flexibility index (Phi) is 9.21. The normalized spacial score (nSPS) is 33.1. The minimum Gasteiger partial charge on any atom is -0.456 e. The van der Waals surface area contributed by atoms with Crippen LogP contribution in [0.1, 0.15) is 47.5 Å². The lowest BCUT2D eigenvalue weighted by molar-refractivity contribution is -0.244. The van der Waals surface area contributed by atoms with E-state index in [-0.39, 0.29) is 0 Å². The van der Waals surface area contributed by atoms with Crippen LogP contribution in [0.3, 0.4) is 0 Å². The first kappa shape index (κ1) is 25.9. The Hall–Kier alpha value is -1.32. The molecule has 6 atom stereocenters. The number of hydrogen-bond acceptors (Lipinski definition) is 8. The van der Waals surface area contributed by atoms with Crippen molar-refractivity contribution in [1.82, 2.24) is 0 Å². The Balaban J connectivity index is 2.55. The molecule has 1 unspecified atom stereocenters. The van der Waals surface area contributed by atoms with Crippen molar-refractivity contribution in [2.45, 2.75) is 77.3 Å². The fourth-order valence-corrected chi connectivity index (χ4v) is 5.44. The van der Waals surface area contributed by atoms with E-state index in [1.165, 1.54) is 38.1 Å². The molecule has 31 heavy (non-hydrogen) atoms. The van der Waals surface area contributed by atoms with E-state index in [2.05, 4.69) is 35.0 Å². The summed E-state index contributed by atoms with van der Waals surface area (Å²) in [5.41, 5.74) is 1.27. The molecule has 0 aromatic heterocycles. The van der Waals surface area contributed by atoms with Crippen molar-refractivity contribution in [1.29, 1.82) is 0 Å². The number of ether oxygens (including phenoxy) is 4. The molecule has 1 heterocycles. The van der Waals surface area contributed by atoms with E-state index in [1.807, 2.05) is 13.2 Å². The van der Waals surface area contributed by atoms with Crippen molar-refractivity contribution in [3.8, 4) is 0 Å². The average Bonchev–Trinajstić information content (AvgIpc) is 2.69. The second-order valence-electron chi connectivity index (χ2n) is 7.98. The molecule has 2 aliphatic rings. The summed E-state index contributed by atoms with van der Waals surface area (Å²) in [6.07, 6.45) is 4.27. The van der Waals surface area contributed by atoms with Crippen LogP contribution in [0, 0.1) is 5.41 Å². The number of carbonyl (C=O) groups excluding carboxylic acids is 3. The van der Waals surface area contributed by atoms with Gasteiger partial charge < -0.3 is 18.9 Å². The van der Waals surface area contributed by atoms with Crippen LogP contribution in [0.15, 0.2) is 23.3 Å². The molecular weight excluding hydrogens is 488 g/mol. The molecule has 2 rings (SSSR count). The summed E-state index contributed by atoms with van der Waals surface area (Å²) in [6, 6.07) is 0. The van der Waals surface area contributed by atoms with Crippen LogP contribution >= 0.6 is 27.7 Å². The maximum atomic E-state index is 12.0. The van der Waals surface area contributed by atoms with Gasteiger partial charge in [0.05, 0.1) is 0 Å². The number of esters is 3. The van der Waals surface area contributed by atoms with Gasteiger partial charge >= 0.3 is 17.9 Å². The summed E-state index contributed by atoms with van der Waals surface area (Å²) < 4.78 is 23.1. The van der Waals surface area contributed by atoms with Crippen LogP contribution in [0.4, 0.5) is 0 Å². The molecule has 0 bridgehead atoms. The van der Waals surface area contributed by atoms with E-state index >= 15 is 0 Å². The molecule has 0 radical (unpaired) electrons. The van der Waals surface area contributed by atoms with Crippen molar-refractivity contribution >= 4 is 45.6 Å². The number of carbonyl (C=O) groups is 3. The lowest BCUT2D eigenvalue weighted by atomic mass is 9.71. The summed E-state index contributed by atoms with van der Waals surface area (Å²) in [5, 5.41) is 0.683. The van der Waals surface area contributed by atoms with Gasteiger partial charge in [-0.3, -0.25) is 14.4 Å². The summed E-state index contributed by atoms with van der Waals surface area (Å²) in [5.74, 6) is -1.63. The molecule has 1 saturated heterocycles. The molecular formula is C22H31BrO7S. The Bertz CT molecular complexity index is 765. The van der Waals surface area contributed by atoms with E-state index < -0.39 is 53.2 Å². The summed E-state index contributed by atoms with van der Waals surface area (Å²) >= 11 is 4.91. The third-order valence-electron chi connectivity index (χ3n) is 5.51. The lowest BCUT2D eigenvalue weighted by Crippen LogP contribution is -2.63. The Morgan fingerprint density at radius 1 is 1.06 bits per heavy atom. The van der Waals surface area contributed by atoms with Gasteiger partial charge in [-0.15, -0.1) is 11.8 Å². The van der Waals surface area contributed by atoms with Gasteiger partial charge in [-0.25, -0.2) is 0 Å². The molecule has 0 amide bonds. The first-order valence-electron chi connectivity index (χ1n) is 10.2. The molecule has 174 valence electrons. The van der Waals surface area contributed by atoms with Crippen LogP contribution in [-0.2, 0) is 33.3 Å². The van der Waals surface area contributed by atoms with E-state index in [0.29, 0.717) is 11.8 Å². The fraction of sp³-hybridized carbons (Fsp3) is 0.682. The molecule has 0 N–H and O–H groups in total. The standard InChI is InChI=1S/C22H31BrO7S/c1-7-15-8-9-22(5,10-16(15)11-23)20-18(28-13(3)25)17(27-12(2)24)19(29-14(4)26)21(30-20)31-6/h8,10,17-21H,7,9,11H2,1-6H3/t17-,18-,19+,20-,21-,22?/m1/s1. The fourth-order valence-electron chi connectivity index (χ4n) is 4.21. The Morgan fingerprint density at radius 3 is 2.10 bits per heavy atom. The topological polar surface area (TPSA) is 88.1 Å². The predicted octanol–water partition coefficient (Wildman–Crippen LogP) is 3.94. The summed E-state index contributed by atoms with van der Waals surface area (Å²) in [4.78, 5) is 35.7. The largest absolute Gasteiger partial charge is 0.456 e.